The third-order valence-corrected chi connectivity index (χ3v) is 7.11. The molecule has 3 rings (SSSR count). The van der Waals surface area contributed by atoms with Gasteiger partial charge in [0, 0.05) is 9.77 Å². The normalized spacial score (nSPS) is 17.6. The maximum atomic E-state index is 12.8. The number of aliphatic carboxylic acids is 1. The van der Waals surface area contributed by atoms with Crippen LogP contribution in [0.3, 0.4) is 0 Å². The van der Waals surface area contributed by atoms with Crippen molar-refractivity contribution in [3.8, 4) is 0 Å². The summed E-state index contributed by atoms with van der Waals surface area (Å²) in [6.07, 6.45) is 2.86. The van der Waals surface area contributed by atoms with Crippen LogP contribution in [-0.4, -0.2) is 29.0 Å². The van der Waals surface area contributed by atoms with Crippen molar-refractivity contribution in [2.75, 3.05) is 12.0 Å². The Kier molecular flexibility index (Phi) is 6.09. The molecule has 132 valence electrons. The van der Waals surface area contributed by atoms with Gasteiger partial charge < -0.3 is 10.4 Å². The SMILES string of the molecule is CSc1ccc(C(CC(=O)O)NC(=O)C2SCCc3sccc32)cc1. The highest BCUT2D eigenvalue weighted by atomic mass is 32.2. The lowest BCUT2D eigenvalue weighted by Gasteiger charge is -2.25. The van der Waals surface area contributed by atoms with E-state index in [1.54, 1.807) is 34.9 Å². The zero-order chi connectivity index (χ0) is 17.8. The molecule has 2 N–H and O–H groups in total. The van der Waals surface area contributed by atoms with Crippen molar-refractivity contribution < 1.29 is 14.7 Å². The fraction of sp³-hybridized carbons (Fsp3) is 0.333. The maximum Gasteiger partial charge on any atom is 0.305 e. The highest BCUT2D eigenvalue weighted by Crippen LogP contribution is 2.39. The van der Waals surface area contributed by atoms with E-state index in [9.17, 15) is 14.7 Å². The molecule has 2 heterocycles. The smallest absolute Gasteiger partial charge is 0.305 e. The van der Waals surface area contributed by atoms with Crippen molar-refractivity contribution in [1.82, 2.24) is 5.32 Å². The molecule has 0 fully saturated rings. The highest BCUT2D eigenvalue weighted by molar-refractivity contribution is 8.00. The largest absolute Gasteiger partial charge is 0.481 e. The van der Waals surface area contributed by atoms with Gasteiger partial charge in [-0.3, -0.25) is 9.59 Å². The topological polar surface area (TPSA) is 66.4 Å². The third-order valence-electron chi connectivity index (χ3n) is 4.13. The van der Waals surface area contributed by atoms with Crippen LogP contribution < -0.4 is 5.32 Å². The molecule has 0 bridgehead atoms. The number of carbonyl (C=O) groups is 2. The highest BCUT2D eigenvalue weighted by Gasteiger charge is 2.30. The van der Waals surface area contributed by atoms with Crippen LogP contribution >= 0.6 is 34.9 Å². The molecule has 0 saturated heterocycles. The zero-order valence-corrected chi connectivity index (χ0v) is 16.2. The Balaban J connectivity index is 1.78. The lowest BCUT2D eigenvalue weighted by Crippen LogP contribution is -2.34. The van der Waals surface area contributed by atoms with E-state index in [1.165, 1.54) is 4.88 Å². The molecule has 2 aromatic rings. The van der Waals surface area contributed by atoms with E-state index in [0.717, 1.165) is 28.2 Å². The van der Waals surface area contributed by atoms with E-state index in [1.807, 2.05) is 42.0 Å². The standard InChI is InChI=1S/C18H19NO3S3/c1-23-12-4-2-11(3-5-12)14(10-16(20)21)19-18(22)17-13-6-8-24-15(13)7-9-25-17/h2-6,8,14,17H,7,9-10H2,1H3,(H,19,22)(H,20,21). The molecule has 25 heavy (non-hydrogen) atoms. The first kappa shape index (κ1) is 18.4. The number of benzene rings is 1. The number of thioether (sulfide) groups is 2. The van der Waals surface area contributed by atoms with Crippen LogP contribution in [0.4, 0.5) is 0 Å². The molecule has 0 saturated carbocycles. The fourth-order valence-electron chi connectivity index (χ4n) is 2.87. The molecular formula is C18H19NO3S3. The van der Waals surface area contributed by atoms with Crippen molar-refractivity contribution in [2.45, 2.75) is 29.0 Å². The lowest BCUT2D eigenvalue weighted by atomic mass is 10.0. The number of aryl methyl sites for hydroxylation is 1. The van der Waals surface area contributed by atoms with Crippen LogP contribution in [0.5, 0.6) is 0 Å². The van der Waals surface area contributed by atoms with Gasteiger partial charge in [-0.25, -0.2) is 0 Å². The first-order valence-corrected chi connectivity index (χ1v) is 11.1. The van der Waals surface area contributed by atoms with Crippen molar-refractivity contribution in [1.29, 1.82) is 0 Å². The van der Waals surface area contributed by atoms with Gasteiger partial charge in [0.25, 0.3) is 0 Å². The molecule has 0 radical (unpaired) electrons. The predicted octanol–water partition coefficient (Wildman–Crippen LogP) is 4.13. The molecular weight excluding hydrogens is 374 g/mol. The second kappa shape index (κ2) is 8.29. The van der Waals surface area contributed by atoms with Gasteiger partial charge in [0.05, 0.1) is 12.5 Å². The minimum absolute atomic E-state index is 0.107. The number of carbonyl (C=O) groups excluding carboxylic acids is 1. The first-order chi connectivity index (χ1) is 12.1. The molecule has 1 aliphatic heterocycles. The second-order valence-corrected chi connectivity index (χ2v) is 8.83. The summed E-state index contributed by atoms with van der Waals surface area (Å²) in [5.74, 6) is -0.117. The van der Waals surface area contributed by atoms with Gasteiger partial charge in [-0.1, -0.05) is 12.1 Å². The average Bonchev–Trinajstić information content (AvgIpc) is 3.09. The molecule has 0 spiro atoms. The van der Waals surface area contributed by atoms with Crippen LogP contribution in [0, 0.1) is 0 Å². The molecule has 2 unspecified atom stereocenters. The number of rotatable bonds is 6. The Hall–Kier alpha value is -1.44. The summed E-state index contributed by atoms with van der Waals surface area (Å²) in [7, 11) is 0. The van der Waals surface area contributed by atoms with E-state index >= 15 is 0 Å². The Morgan fingerprint density at radius 1 is 1.32 bits per heavy atom. The van der Waals surface area contributed by atoms with Crippen LogP contribution in [-0.2, 0) is 16.0 Å². The van der Waals surface area contributed by atoms with Crippen LogP contribution in [0.15, 0.2) is 40.6 Å². The molecule has 1 aromatic carbocycles. The Morgan fingerprint density at radius 2 is 2.08 bits per heavy atom. The predicted molar refractivity (Wildman–Crippen MR) is 105 cm³/mol. The van der Waals surface area contributed by atoms with Gasteiger partial charge in [-0.15, -0.1) is 34.9 Å². The van der Waals surface area contributed by atoms with E-state index in [-0.39, 0.29) is 17.6 Å². The van der Waals surface area contributed by atoms with Gasteiger partial charge in [0.15, 0.2) is 0 Å². The Morgan fingerprint density at radius 3 is 2.76 bits per heavy atom. The van der Waals surface area contributed by atoms with E-state index in [0.29, 0.717) is 0 Å². The zero-order valence-electron chi connectivity index (χ0n) is 13.7. The van der Waals surface area contributed by atoms with Crippen molar-refractivity contribution >= 4 is 46.7 Å². The minimum atomic E-state index is -0.924. The summed E-state index contributed by atoms with van der Waals surface area (Å²) in [5.41, 5.74) is 1.89. The summed E-state index contributed by atoms with van der Waals surface area (Å²) in [5, 5.41) is 14.0. The Labute approximate surface area is 159 Å². The van der Waals surface area contributed by atoms with Crippen molar-refractivity contribution in [3.63, 3.8) is 0 Å². The molecule has 1 aromatic heterocycles. The summed E-state index contributed by atoms with van der Waals surface area (Å²) in [6.45, 7) is 0. The van der Waals surface area contributed by atoms with E-state index < -0.39 is 12.0 Å². The third kappa shape index (κ3) is 4.40. The van der Waals surface area contributed by atoms with Gasteiger partial charge in [-0.2, -0.15) is 0 Å². The number of nitrogens with one attached hydrogen (secondary N) is 1. The summed E-state index contributed by atoms with van der Waals surface area (Å²) >= 11 is 4.94. The second-order valence-electron chi connectivity index (χ2n) is 5.73. The molecule has 7 heteroatoms. The summed E-state index contributed by atoms with van der Waals surface area (Å²) in [6, 6.07) is 9.18. The van der Waals surface area contributed by atoms with E-state index in [2.05, 4.69) is 5.32 Å². The fourth-order valence-corrected chi connectivity index (χ4v) is 5.58. The van der Waals surface area contributed by atoms with Gasteiger partial charge >= 0.3 is 5.97 Å². The molecule has 2 atom stereocenters. The van der Waals surface area contributed by atoms with Crippen LogP contribution in [0.25, 0.3) is 0 Å². The van der Waals surface area contributed by atoms with Gasteiger partial charge in [0.1, 0.15) is 5.25 Å². The lowest BCUT2D eigenvalue weighted by molar-refractivity contribution is -0.137. The molecule has 0 aliphatic carbocycles. The quantitative estimate of drug-likeness (QED) is 0.722. The maximum absolute atomic E-state index is 12.8. The summed E-state index contributed by atoms with van der Waals surface area (Å²) in [4.78, 5) is 26.5. The van der Waals surface area contributed by atoms with Gasteiger partial charge in [0.2, 0.25) is 5.91 Å². The first-order valence-electron chi connectivity index (χ1n) is 7.92. The monoisotopic (exact) mass is 393 g/mol. The summed E-state index contributed by atoms with van der Waals surface area (Å²) < 4.78 is 0. The number of carboxylic acid groups (broad SMARTS) is 1. The van der Waals surface area contributed by atoms with Crippen molar-refractivity contribution in [2.24, 2.45) is 0 Å². The average molecular weight is 394 g/mol. The number of hydrogen-bond acceptors (Lipinski definition) is 5. The van der Waals surface area contributed by atoms with Crippen LogP contribution in [0.2, 0.25) is 0 Å². The molecule has 1 amide bonds. The number of amides is 1. The molecule has 1 aliphatic rings. The number of hydrogen-bond donors (Lipinski definition) is 2. The van der Waals surface area contributed by atoms with E-state index in [4.69, 9.17) is 0 Å². The number of carboxylic acids is 1. The van der Waals surface area contributed by atoms with Crippen molar-refractivity contribution in [3.05, 3.63) is 51.7 Å². The van der Waals surface area contributed by atoms with Gasteiger partial charge in [-0.05, 0) is 53.1 Å². The minimum Gasteiger partial charge on any atom is -0.481 e. The van der Waals surface area contributed by atoms with Crippen LogP contribution in [0.1, 0.15) is 33.7 Å². The number of thiophene rings is 1. The number of fused-ring (bicyclic) bond motifs is 1. The molecule has 4 nitrogen and oxygen atoms in total. The Bertz CT molecular complexity index is 757.